The Morgan fingerprint density at radius 1 is 1.40 bits per heavy atom. The number of hydrogen-bond donors (Lipinski definition) is 0. The largest absolute Gasteiger partial charge is 0.244 e. The van der Waals surface area contributed by atoms with Crippen molar-refractivity contribution in [3.05, 3.63) is 0 Å². The second kappa shape index (κ2) is 3.31. The maximum Gasteiger partial charge on any atom is 0.244 e. The van der Waals surface area contributed by atoms with E-state index in [2.05, 4.69) is 0 Å². The van der Waals surface area contributed by atoms with Gasteiger partial charge in [0.1, 0.15) is 0 Å². The first-order chi connectivity index (χ1) is 4.57. The summed E-state index contributed by atoms with van der Waals surface area (Å²) in [6.07, 6.45) is -1.41. The number of rotatable bonds is 1. The van der Waals surface area contributed by atoms with Gasteiger partial charge in [-0.1, -0.05) is 27.7 Å². The lowest BCUT2D eigenvalue weighted by Gasteiger charge is -2.05. The Labute approximate surface area is 61.6 Å². The summed E-state index contributed by atoms with van der Waals surface area (Å²) >= 11 is 0. The summed E-state index contributed by atoms with van der Waals surface area (Å²) < 4.78 is 23.7. The van der Waals surface area contributed by atoms with Gasteiger partial charge in [0, 0.05) is 5.41 Å². The molecule has 0 spiro atoms. The molecule has 0 aromatic heterocycles. The summed E-state index contributed by atoms with van der Waals surface area (Å²) in [4.78, 5) is 0. The smallest absolute Gasteiger partial charge is 0.210 e. The van der Waals surface area contributed by atoms with Gasteiger partial charge in [-0.15, -0.1) is 0 Å². The molecule has 10 heavy (non-hydrogen) atoms. The molecule has 1 rings (SSSR count). The zero-order chi connectivity index (χ0) is 8.36. The van der Waals surface area contributed by atoms with Crippen molar-refractivity contribution in [3.8, 4) is 0 Å². The van der Waals surface area contributed by atoms with Crippen molar-refractivity contribution in [2.45, 2.75) is 40.5 Å². The number of halogens is 2. The van der Waals surface area contributed by atoms with Crippen molar-refractivity contribution in [1.82, 2.24) is 0 Å². The van der Waals surface area contributed by atoms with Crippen LogP contribution in [0.2, 0.25) is 0 Å². The van der Waals surface area contributed by atoms with Crippen molar-refractivity contribution in [1.29, 1.82) is 0 Å². The summed E-state index contributed by atoms with van der Waals surface area (Å²) in [6, 6.07) is 0. The summed E-state index contributed by atoms with van der Waals surface area (Å²) in [6.45, 7) is 7.51. The summed E-state index contributed by atoms with van der Waals surface area (Å²) in [5.74, 6) is 0.238. The monoisotopic (exact) mass is 150 g/mol. The molecular weight excluding hydrogens is 134 g/mol. The van der Waals surface area contributed by atoms with E-state index in [1.54, 1.807) is 6.92 Å². The van der Waals surface area contributed by atoms with E-state index < -0.39 is 11.8 Å². The Hall–Kier alpha value is -0.140. The van der Waals surface area contributed by atoms with Crippen LogP contribution in [0.1, 0.15) is 34.1 Å². The van der Waals surface area contributed by atoms with Crippen LogP contribution in [0.15, 0.2) is 0 Å². The quantitative estimate of drug-likeness (QED) is 0.538. The minimum Gasteiger partial charge on any atom is -0.210 e. The van der Waals surface area contributed by atoms with Gasteiger partial charge in [0.2, 0.25) is 6.43 Å². The van der Waals surface area contributed by atoms with Crippen LogP contribution in [0.4, 0.5) is 8.78 Å². The third kappa shape index (κ3) is 1.68. The van der Waals surface area contributed by atoms with Crippen molar-refractivity contribution in [2.75, 3.05) is 0 Å². The molecule has 2 heteroatoms. The molecule has 2 unspecified atom stereocenters. The zero-order valence-corrected chi connectivity index (χ0v) is 7.12. The minimum atomic E-state index is -2.11. The Kier molecular flexibility index (Phi) is 3.26. The maximum atomic E-state index is 11.9. The van der Waals surface area contributed by atoms with Gasteiger partial charge in [0.05, 0.1) is 0 Å². The van der Waals surface area contributed by atoms with Crippen LogP contribution in [0, 0.1) is 11.3 Å². The predicted octanol–water partition coefficient (Wildman–Crippen LogP) is 3.32. The van der Waals surface area contributed by atoms with Crippen LogP contribution in [-0.4, -0.2) is 6.43 Å². The maximum absolute atomic E-state index is 11.9. The fourth-order valence-electron chi connectivity index (χ4n) is 0.905. The van der Waals surface area contributed by atoms with Crippen LogP contribution >= 0.6 is 0 Å². The summed E-state index contributed by atoms with van der Waals surface area (Å²) in [7, 11) is 0. The highest BCUT2D eigenvalue weighted by Crippen LogP contribution is 2.55. The van der Waals surface area contributed by atoms with Crippen LogP contribution in [0.25, 0.3) is 0 Å². The van der Waals surface area contributed by atoms with Gasteiger partial charge in [-0.05, 0) is 12.3 Å². The van der Waals surface area contributed by atoms with E-state index in [9.17, 15) is 8.78 Å². The molecule has 2 atom stereocenters. The van der Waals surface area contributed by atoms with Crippen LogP contribution in [0.5, 0.6) is 0 Å². The van der Waals surface area contributed by atoms with Crippen molar-refractivity contribution < 1.29 is 8.78 Å². The average Bonchev–Trinajstić information content (AvgIpc) is 2.48. The second-order valence-corrected chi connectivity index (χ2v) is 2.91. The molecule has 1 fully saturated rings. The fraction of sp³-hybridized carbons (Fsp3) is 1.00. The average molecular weight is 150 g/mol. The Morgan fingerprint density at radius 3 is 1.70 bits per heavy atom. The predicted molar refractivity (Wildman–Crippen MR) is 39.2 cm³/mol. The lowest BCUT2D eigenvalue weighted by molar-refractivity contribution is 0.0640. The fourth-order valence-corrected chi connectivity index (χ4v) is 0.905. The van der Waals surface area contributed by atoms with Crippen LogP contribution in [-0.2, 0) is 0 Å². The molecule has 1 aliphatic carbocycles. The molecular formula is C8H16F2. The first-order valence-electron chi connectivity index (χ1n) is 3.85. The Morgan fingerprint density at radius 2 is 1.70 bits per heavy atom. The van der Waals surface area contributed by atoms with Crippen molar-refractivity contribution in [3.63, 3.8) is 0 Å². The summed E-state index contributed by atoms with van der Waals surface area (Å²) in [5.41, 5.74) is -0.625. The van der Waals surface area contributed by atoms with Crippen molar-refractivity contribution in [2.24, 2.45) is 11.3 Å². The van der Waals surface area contributed by atoms with Crippen LogP contribution in [0.3, 0.4) is 0 Å². The molecule has 62 valence electrons. The Bertz CT molecular complexity index is 101. The highest BCUT2D eigenvalue weighted by atomic mass is 19.3. The first-order valence-corrected chi connectivity index (χ1v) is 3.85. The zero-order valence-electron chi connectivity index (χ0n) is 7.12. The van der Waals surface area contributed by atoms with E-state index in [4.69, 9.17) is 0 Å². The third-order valence-electron chi connectivity index (χ3n) is 2.21. The SMILES string of the molecule is CC.CC1CC1(C)C(F)F. The van der Waals surface area contributed by atoms with E-state index in [-0.39, 0.29) is 5.92 Å². The van der Waals surface area contributed by atoms with Gasteiger partial charge in [0.15, 0.2) is 0 Å². The first kappa shape index (κ1) is 9.86. The molecule has 0 radical (unpaired) electrons. The van der Waals surface area contributed by atoms with Crippen LogP contribution < -0.4 is 0 Å². The van der Waals surface area contributed by atoms with Gasteiger partial charge in [-0.2, -0.15) is 0 Å². The van der Waals surface area contributed by atoms with Gasteiger partial charge in [0.25, 0.3) is 0 Å². The minimum absolute atomic E-state index is 0.238. The number of alkyl halides is 2. The van der Waals surface area contributed by atoms with Crippen molar-refractivity contribution >= 4 is 0 Å². The van der Waals surface area contributed by atoms with E-state index in [1.165, 1.54) is 0 Å². The molecule has 0 aromatic carbocycles. The molecule has 0 saturated heterocycles. The molecule has 0 nitrogen and oxygen atoms in total. The topological polar surface area (TPSA) is 0 Å². The molecule has 0 N–H and O–H groups in total. The molecule has 0 bridgehead atoms. The van der Waals surface area contributed by atoms with Gasteiger partial charge < -0.3 is 0 Å². The van der Waals surface area contributed by atoms with E-state index >= 15 is 0 Å². The lowest BCUT2D eigenvalue weighted by Crippen LogP contribution is -2.08. The van der Waals surface area contributed by atoms with E-state index in [0.29, 0.717) is 6.42 Å². The normalized spacial score (nSPS) is 36.9. The standard InChI is InChI=1S/C6H10F2.C2H6/c1-4-3-6(4,2)5(7)8;1-2/h4-5H,3H2,1-2H3;1-2H3. The Balaban J connectivity index is 0.000000371. The lowest BCUT2D eigenvalue weighted by atomic mass is 10.1. The van der Waals surface area contributed by atoms with E-state index in [1.807, 2.05) is 20.8 Å². The molecule has 0 heterocycles. The number of hydrogen-bond acceptors (Lipinski definition) is 0. The second-order valence-electron chi connectivity index (χ2n) is 2.91. The van der Waals surface area contributed by atoms with Gasteiger partial charge in [-0.3, -0.25) is 0 Å². The molecule has 1 saturated carbocycles. The highest BCUT2D eigenvalue weighted by Gasteiger charge is 2.53. The molecule has 0 aliphatic heterocycles. The molecule has 0 aromatic rings. The van der Waals surface area contributed by atoms with Gasteiger partial charge >= 0.3 is 0 Å². The highest BCUT2D eigenvalue weighted by molar-refractivity contribution is 4.97. The van der Waals surface area contributed by atoms with Gasteiger partial charge in [-0.25, -0.2) is 8.78 Å². The van der Waals surface area contributed by atoms with E-state index in [0.717, 1.165) is 0 Å². The third-order valence-corrected chi connectivity index (χ3v) is 2.21. The molecule has 0 amide bonds. The molecule has 1 aliphatic rings. The summed E-state index contributed by atoms with van der Waals surface area (Å²) in [5, 5.41) is 0.